The van der Waals surface area contributed by atoms with Crippen molar-refractivity contribution in [1.29, 1.82) is 0 Å². The first-order valence-corrected chi connectivity index (χ1v) is 14.6. The summed E-state index contributed by atoms with van der Waals surface area (Å²) in [6.07, 6.45) is 1.95. The fourth-order valence-electron chi connectivity index (χ4n) is 3.74. The number of amides is 2. The lowest BCUT2D eigenvalue weighted by atomic mass is 10.1. The molecule has 0 aliphatic carbocycles. The summed E-state index contributed by atoms with van der Waals surface area (Å²) in [6.45, 7) is 6.77. The van der Waals surface area contributed by atoms with Crippen molar-refractivity contribution in [1.82, 2.24) is 10.2 Å². The Morgan fingerprint density at radius 2 is 1.53 bits per heavy atom. The molecule has 2 rings (SSSR count). The number of carbonyl (C=O) groups is 2. The Balaban J connectivity index is 2.19. The Hall–Kier alpha value is -2.29. The van der Waals surface area contributed by atoms with Crippen LogP contribution in [0.2, 0.25) is 10.0 Å². The van der Waals surface area contributed by atoms with Gasteiger partial charge >= 0.3 is 0 Å². The highest BCUT2D eigenvalue weighted by Crippen LogP contribution is 2.22. The van der Waals surface area contributed by atoms with Crippen molar-refractivity contribution in [3.05, 3.63) is 64.1 Å². The first-order chi connectivity index (χ1) is 16.9. The fraction of sp³-hybridized carbons (Fsp3) is 0.462. The number of rotatable bonds is 13. The van der Waals surface area contributed by atoms with Gasteiger partial charge in [-0.05, 0) is 60.7 Å². The van der Waals surface area contributed by atoms with Gasteiger partial charge in [-0.1, -0.05) is 56.1 Å². The second-order valence-electron chi connectivity index (χ2n) is 9.13. The van der Waals surface area contributed by atoms with Gasteiger partial charge in [-0.25, -0.2) is 8.42 Å². The molecular weight excluding hydrogens is 521 g/mol. The Labute approximate surface area is 224 Å². The SMILES string of the molecule is CC[C@@H](C(=O)NCC(C)C)N(Cc1ccc(Cl)cc1)C(=O)CCCN(c1ccc(Cl)cc1)S(C)(=O)=O. The van der Waals surface area contributed by atoms with Crippen molar-refractivity contribution in [2.24, 2.45) is 5.92 Å². The number of hydrogen-bond acceptors (Lipinski definition) is 4. The van der Waals surface area contributed by atoms with Gasteiger partial charge in [-0.15, -0.1) is 0 Å². The highest BCUT2D eigenvalue weighted by atomic mass is 35.5. The van der Waals surface area contributed by atoms with E-state index < -0.39 is 16.1 Å². The average molecular weight is 557 g/mol. The zero-order valence-electron chi connectivity index (χ0n) is 21.2. The van der Waals surface area contributed by atoms with Crippen LogP contribution in [0.15, 0.2) is 48.5 Å². The minimum Gasteiger partial charge on any atom is -0.354 e. The van der Waals surface area contributed by atoms with E-state index in [2.05, 4.69) is 5.32 Å². The van der Waals surface area contributed by atoms with Crippen molar-refractivity contribution in [2.45, 2.75) is 52.6 Å². The van der Waals surface area contributed by atoms with Crippen LogP contribution in [-0.2, 0) is 26.2 Å². The number of anilines is 1. The summed E-state index contributed by atoms with van der Waals surface area (Å²) in [6, 6.07) is 13.0. The number of nitrogens with one attached hydrogen (secondary N) is 1. The minimum absolute atomic E-state index is 0.0845. The van der Waals surface area contributed by atoms with Gasteiger partial charge in [0, 0.05) is 36.1 Å². The van der Waals surface area contributed by atoms with E-state index in [4.69, 9.17) is 23.2 Å². The van der Waals surface area contributed by atoms with Crippen molar-refractivity contribution in [3.8, 4) is 0 Å². The zero-order valence-corrected chi connectivity index (χ0v) is 23.5. The summed E-state index contributed by atoms with van der Waals surface area (Å²) in [7, 11) is -3.56. The summed E-state index contributed by atoms with van der Waals surface area (Å²) in [4.78, 5) is 28.0. The maximum Gasteiger partial charge on any atom is 0.242 e. The van der Waals surface area contributed by atoms with Crippen LogP contribution in [0.4, 0.5) is 5.69 Å². The molecule has 1 atom stereocenters. The third kappa shape index (κ3) is 9.30. The van der Waals surface area contributed by atoms with E-state index in [0.29, 0.717) is 28.7 Å². The van der Waals surface area contributed by atoms with E-state index in [1.807, 2.05) is 32.9 Å². The molecule has 1 N–H and O–H groups in total. The largest absolute Gasteiger partial charge is 0.354 e. The van der Waals surface area contributed by atoms with Gasteiger partial charge in [0.05, 0.1) is 11.9 Å². The van der Waals surface area contributed by atoms with Crippen LogP contribution in [0.25, 0.3) is 0 Å². The number of carbonyl (C=O) groups excluding carboxylic acids is 2. The Morgan fingerprint density at radius 1 is 0.972 bits per heavy atom. The lowest BCUT2D eigenvalue weighted by Crippen LogP contribution is -2.49. The quantitative estimate of drug-likeness (QED) is 0.371. The number of halogens is 2. The van der Waals surface area contributed by atoms with Gasteiger partial charge in [0.1, 0.15) is 6.04 Å². The normalized spacial score (nSPS) is 12.3. The first-order valence-electron chi connectivity index (χ1n) is 12.0. The first kappa shape index (κ1) is 29.9. The van der Waals surface area contributed by atoms with Crippen LogP contribution >= 0.6 is 23.2 Å². The lowest BCUT2D eigenvalue weighted by molar-refractivity contribution is -0.141. The van der Waals surface area contributed by atoms with Crippen molar-refractivity contribution in [3.63, 3.8) is 0 Å². The van der Waals surface area contributed by atoms with Crippen molar-refractivity contribution >= 4 is 50.7 Å². The summed E-state index contributed by atoms with van der Waals surface area (Å²) < 4.78 is 26.1. The molecule has 0 aliphatic heterocycles. The average Bonchev–Trinajstić information content (AvgIpc) is 2.81. The predicted molar refractivity (Wildman–Crippen MR) is 147 cm³/mol. The van der Waals surface area contributed by atoms with Crippen LogP contribution in [0.1, 0.15) is 45.6 Å². The molecule has 0 saturated heterocycles. The molecule has 0 radical (unpaired) electrons. The van der Waals surface area contributed by atoms with Gasteiger partial charge in [0.2, 0.25) is 21.8 Å². The molecule has 0 fully saturated rings. The fourth-order valence-corrected chi connectivity index (χ4v) is 4.96. The van der Waals surface area contributed by atoms with Crippen LogP contribution in [0.3, 0.4) is 0 Å². The minimum atomic E-state index is -3.56. The molecule has 36 heavy (non-hydrogen) atoms. The van der Waals surface area contributed by atoms with Gasteiger partial charge in [-0.3, -0.25) is 13.9 Å². The van der Waals surface area contributed by atoms with Crippen LogP contribution in [0.5, 0.6) is 0 Å². The summed E-state index contributed by atoms with van der Waals surface area (Å²) in [5.74, 6) is -0.143. The maximum atomic E-state index is 13.4. The van der Waals surface area contributed by atoms with Gasteiger partial charge in [0.25, 0.3) is 0 Å². The molecule has 0 heterocycles. The van der Waals surface area contributed by atoms with Gasteiger partial charge in [0.15, 0.2) is 0 Å². The van der Waals surface area contributed by atoms with Crippen LogP contribution in [0, 0.1) is 5.92 Å². The predicted octanol–water partition coefficient (Wildman–Crippen LogP) is 5.12. The van der Waals surface area contributed by atoms with Crippen molar-refractivity contribution < 1.29 is 18.0 Å². The van der Waals surface area contributed by atoms with E-state index in [9.17, 15) is 18.0 Å². The van der Waals surface area contributed by atoms with Gasteiger partial charge in [-0.2, -0.15) is 0 Å². The maximum absolute atomic E-state index is 13.4. The highest BCUT2D eigenvalue weighted by Gasteiger charge is 2.29. The number of benzene rings is 2. The molecule has 0 aromatic heterocycles. The Morgan fingerprint density at radius 3 is 2.03 bits per heavy atom. The smallest absolute Gasteiger partial charge is 0.242 e. The molecule has 198 valence electrons. The molecule has 0 saturated carbocycles. The molecule has 2 aromatic carbocycles. The zero-order chi connectivity index (χ0) is 26.9. The highest BCUT2D eigenvalue weighted by molar-refractivity contribution is 7.92. The summed E-state index contributed by atoms with van der Waals surface area (Å²) in [5, 5.41) is 4.02. The third-order valence-corrected chi connectivity index (χ3v) is 7.30. The molecule has 2 amide bonds. The monoisotopic (exact) mass is 555 g/mol. The topological polar surface area (TPSA) is 86.8 Å². The molecule has 10 heteroatoms. The summed E-state index contributed by atoms with van der Waals surface area (Å²) in [5.41, 5.74) is 1.33. The molecule has 2 aromatic rings. The molecule has 0 aliphatic rings. The third-order valence-electron chi connectivity index (χ3n) is 5.60. The van der Waals surface area contributed by atoms with Crippen LogP contribution < -0.4 is 9.62 Å². The molecule has 0 bridgehead atoms. The van der Waals surface area contributed by atoms with E-state index >= 15 is 0 Å². The molecule has 0 spiro atoms. The van der Waals surface area contributed by atoms with E-state index in [1.54, 1.807) is 41.3 Å². The Bertz CT molecular complexity index is 1110. The lowest BCUT2D eigenvalue weighted by Gasteiger charge is -2.31. The molecule has 7 nitrogen and oxygen atoms in total. The number of nitrogens with zero attached hydrogens (tertiary/aromatic N) is 2. The van der Waals surface area contributed by atoms with Crippen molar-refractivity contribution in [2.75, 3.05) is 23.7 Å². The van der Waals surface area contributed by atoms with E-state index in [0.717, 1.165) is 11.8 Å². The summed E-state index contributed by atoms with van der Waals surface area (Å²) >= 11 is 11.9. The second-order valence-corrected chi connectivity index (χ2v) is 11.9. The number of sulfonamides is 1. The van der Waals surface area contributed by atoms with Gasteiger partial charge < -0.3 is 10.2 Å². The molecular formula is C26H35Cl2N3O4S. The Kier molecular flexibility index (Phi) is 11.5. The second kappa shape index (κ2) is 13.9. The standard InChI is InChI=1S/C26H35Cl2N3O4S/c1-5-24(26(33)29-17-19(2)3)30(18-20-8-10-21(27)11-9-20)25(32)7-6-16-31(36(4,34)35)23-14-12-22(28)13-15-23/h8-15,19,24H,5-7,16-18H2,1-4H3,(H,29,33)/t24-/m0/s1. The number of hydrogen-bond donors (Lipinski definition) is 1. The van der Waals surface area contributed by atoms with E-state index in [1.165, 1.54) is 4.31 Å². The molecule has 0 unspecified atom stereocenters. The van der Waals surface area contributed by atoms with E-state index in [-0.39, 0.29) is 43.7 Å². The van der Waals surface area contributed by atoms with Crippen LogP contribution in [-0.4, -0.2) is 50.5 Å².